The van der Waals surface area contributed by atoms with Gasteiger partial charge in [-0.25, -0.2) is 13.2 Å². The van der Waals surface area contributed by atoms with Gasteiger partial charge in [-0.05, 0) is 36.4 Å². The molecule has 0 amide bonds. The fourth-order valence-corrected chi connectivity index (χ4v) is 7.47. The zero-order valence-corrected chi connectivity index (χ0v) is 15.1. The lowest BCUT2D eigenvalue weighted by Gasteiger charge is -2.28. The number of benzene rings is 3. The first-order chi connectivity index (χ1) is 12.9. The van der Waals surface area contributed by atoms with Gasteiger partial charge in [-0.3, -0.25) is 0 Å². The summed E-state index contributed by atoms with van der Waals surface area (Å²) in [6.45, 7) is 0. The van der Waals surface area contributed by atoms with Crippen LogP contribution in [0.4, 0.5) is 13.2 Å². The number of aliphatic carboxylic acids is 1. The second kappa shape index (κ2) is 7.93. The van der Waals surface area contributed by atoms with Crippen molar-refractivity contribution in [3.05, 3.63) is 90.2 Å². The van der Waals surface area contributed by atoms with Crippen LogP contribution in [0, 0.1) is 17.5 Å². The molecular weight excluding hydrogens is 372 g/mol. The number of carboxylic acids is 1. The van der Waals surface area contributed by atoms with E-state index in [1.165, 1.54) is 54.6 Å². The molecule has 0 aliphatic heterocycles. The van der Waals surface area contributed by atoms with E-state index < -0.39 is 30.7 Å². The van der Waals surface area contributed by atoms with Crippen LogP contribution >= 0.6 is 7.26 Å². The lowest BCUT2D eigenvalue weighted by atomic mass is 10.3. The quantitative estimate of drug-likeness (QED) is 0.609. The van der Waals surface area contributed by atoms with Crippen LogP contribution in [0.5, 0.6) is 0 Å². The van der Waals surface area contributed by atoms with Crippen molar-refractivity contribution in [2.24, 2.45) is 0 Å². The molecule has 0 aliphatic carbocycles. The van der Waals surface area contributed by atoms with E-state index in [1.54, 1.807) is 18.2 Å². The third-order valence-corrected chi connectivity index (χ3v) is 8.77. The van der Waals surface area contributed by atoms with Crippen LogP contribution in [0.2, 0.25) is 0 Å². The van der Waals surface area contributed by atoms with Gasteiger partial charge < -0.3 is 9.90 Å². The van der Waals surface area contributed by atoms with E-state index in [0.717, 1.165) is 0 Å². The first-order valence-corrected chi connectivity index (χ1v) is 10.3. The summed E-state index contributed by atoms with van der Waals surface area (Å²) in [6, 6.07) is 17.3. The van der Waals surface area contributed by atoms with E-state index in [9.17, 15) is 23.1 Å². The summed E-state index contributed by atoms with van der Waals surface area (Å²) in [5, 5.41) is 12.8. The van der Waals surface area contributed by atoms with Crippen molar-refractivity contribution in [2.45, 2.75) is 6.42 Å². The first kappa shape index (κ1) is 19.1. The Balaban J connectivity index is 2.35. The van der Waals surface area contributed by atoms with E-state index in [4.69, 9.17) is 0 Å². The Hall–Kier alpha value is -2.65. The van der Waals surface area contributed by atoms with Crippen LogP contribution in [0.1, 0.15) is 6.42 Å². The van der Waals surface area contributed by atoms with Crippen molar-refractivity contribution in [3.8, 4) is 0 Å². The van der Waals surface area contributed by atoms with Gasteiger partial charge in [-0.15, -0.1) is 0 Å². The van der Waals surface area contributed by atoms with Gasteiger partial charge in [0.2, 0.25) is 0 Å². The normalized spacial score (nSPS) is 11.4. The van der Waals surface area contributed by atoms with Crippen LogP contribution in [-0.2, 0) is 4.79 Å². The maximum absolute atomic E-state index is 14.0. The van der Waals surface area contributed by atoms with Crippen molar-refractivity contribution >= 4 is 29.1 Å². The third kappa shape index (κ3) is 4.04. The van der Waals surface area contributed by atoms with Gasteiger partial charge >= 0.3 is 0 Å². The van der Waals surface area contributed by atoms with Crippen molar-refractivity contribution in [1.82, 2.24) is 0 Å². The average Bonchev–Trinajstić information content (AvgIpc) is 2.62. The van der Waals surface area contributed by atoms with Gasteiger partial charge in [-0.1, -0.05) is 18.2 Å². The standard InChI is InChI=1S/C21H16F3O2P/c22-15-4-1-7-18(12-15)27(11-10-21(25)26,19-8-2-5-16(23)13-19)20-9-3-6-17(24)14-20/h1-9,12-14H,10-11H2. The number of hydrogen-bond acceptors (Lipinski definition) is 2. The molecule has 0 fully saturated rings. The predicted octanol–water partition coefficient (Wildman–Crippen LogP) is 2.54. The zero-order valence-electron chi connectivity index (χ0n) is 14.2. The number of carbonyl (C=O) groups is 1. The summed E-state index contributed by atoms with van der Waals surface area (Å²) >= 11 is 0. The molecule has 0 aromatic heterocycles. The first-order valence-electron chi connectivity index (χ1n) is 8.28. The van der Waals surface area contributed by atoms with Gasteiger partial charge in [0, 0.05) is 30.6 Å². The van der Waals surface area contributed by atoms with Crippen molar-refractivity contribution < 1.29 is 23.1 Å². The molecule has 0 bridgehead atoms. The second-order valence-electron chi connectivity index (χ2n) is 6.09. The number of carboxylic acid groups (broad SMARTS) is 1. The fourth-order valence-electron chi connectivity index (χ4n) is 3.23. The van der Waals surface area contributed by atoms with Crippen LogP contribution in [0.3, 0.4) is 0 Å². The summed E-state index contributed by atoms with van der Waals surface area (Å²) in [4.78, 5) is 11.2. The highest BCUT2D eigenvalue weighted by molar-refractivity contribution is 7.95. The van der Waals surface area contributed by atoms with E-state index >= 15 is 0 Å². The molecule has 0 N–H and O–H groups in total. The Morgan fingerprint density at radius 2 is 1.11 bits per heavy atom. The minimum Gasteiger partial charge on any atom is -0.550 e. The Morgan fingerprint density at radius 1 is 0.741 bits per heavy atom. The molecule has 0 radical (unpaired) electrons. The van der Waals surface area contributed by atoms with Gasteiger partial charge in [0.05, 0.1) is 6.16 Å². The van der Waals surface area contributed by atoms with E-state index in [2.05, 4.69) is 0 Å². The molecule has 0 atom stereocenters. The largest absolute Gasteiger partial charge is 0.550 e. The van der Waals surface area contributed by atoms with Crippen LogP contribution in [0.15, 0.2) is 72.8 Å². The van der Waals surface area contributed by atoms with E-state index in [-0.39, 0.29) is 12.6 Å². The SMILES string of the molecule is O=C([O-])CC[P+](c1cccc(F)c1)(c1cccc(F)c1)c1cccc(F)c1. The van der Waals surface area contributed by atoms with Crippen molar-refractivity contribution in [2.75, 3.05) is 6.16 Å². The number of hydrogen-bond donors (Lipinski definition) is 0. The summed E-state index contributed by atoms with van der Waals surface area (Å²) in [7, 11) is -2.83. The smallest absolute Gasteiger partial charge is 0.127 e. The van der Waals surface area contributed by atoms with Crippen molar-refractivity contribution in [1.29, 1.82) is 0 Å². The monoisotopic (exact) mass is 388 g/mol. The summed E-state index contributed by atoms with van der Waals surface area (Å²) in [5.41, 5.74) is 0. The van der Waals surface area contributed by atoms with Crippen LogP contribution < -0.4 is 21.0 Å². The molecule has 0 saturated heterocycles. The highest BCUT2D eigenvalue weighted by Crippen LogP contribution is 2.56. The van der Waals surface area contributed by atoms with Gasteiger partial charge in [0.25, 0.3) is 0 Å². The highest BCUT2D eigenvalue weighted by Gasteiger charge is 2.45. The molecule has 3 aromatic rings. The Kier molecular flexibility index (Phi) is 5.62. The number of halogens is 3. The topological polar surface area (TPSA) is 40.1 Å². The summed E-state index contributed by atoms with van der Waals surface area (Å²) in [6.07, 6.45) is -0.261. The molecule has 0 unspecified atom stereocenters. The maximum atomic E-state index is 14.0. The summed E-state index contributed by atoms with van der Waals surface area (Å²) < 4.78 is 42.1. The van der Waals surface area contributed by atoms with E-state index in [0.29, 0.717) is 15.9 Å². The number of carbonyl (C=O) groups excluding carboxylic acids is 1. The maximum Gasteiger partial charge on any atom is 0.127 e. The molecule has 2 nitrogen and oxygen atoms in total. The molecule has 0 spiro atoms. The predicted molar refractivity (Wildman–Crippen MR) is 99.5 cm³/mol. The minimum absolute atomic E-state index is 0.0612. The van der Waals surface area contributed by atoms with Crippen LogP contribution in [-0.4, -0.2) is 12.1 Å². The molecule has 27 heavy (non-hydrogen) atoms. The Morgan fingerprint density at radius 3 is 1.41 bits per heavy atom. The molecule has 3 aromatic carbocycles. The molecule has 0 heterocycles. The van der Waals surface area contributed by atoms with Gasteiger partial charge in [0.15, 0.2) is 0 Å². The number of rotatable bonds is 6. The van der Waals surface area contributed by atoms with Gasteiger partial charge in [0.1, 0.15) is 40.6 Å². The van der Waals surface area contributed by atoms with Crippen LogP contribution in [0.25, 0.3) is 0 Å². The highest BCUT2D eigenvalue weighted by atomic mass is 31.2. The summed E-state index contributed by atoms with van der Waals surface area (Å²) in [5.74, 6) is -2.78. The molecular formula is C21H16F3O2P. The third-order valence-electron chi connectivity index (χ3n) is 4.40. The molecule has 3 rings (SSSR count). The minimum atomic E-state index is -2.83. The zero-order chi connectivity index (χ0) is 19.4. The Bertz CT molecular complexity index is 864. The van der Waals surface area contributed by atoms with E-state index in [1.807, 2.05) is 0 Å². The Labute approximate surface area is 155 Å². The molecule has 0 saturated carbocycles. The fraction of sp³-hybridized carbons (Fsp3) is 0.0952. The second-order valence-corrected chi connectivity index (χ2v) is 9.71. The molecule has 6 heteroatoms. The van der Waals surface area contributed by atoms with Gasteiger partial charge in [-0.2, -0.15) is 0 Å². The lowest BCUT2D eigenvalue weighted by molar-refractivity contribution is -0.305. The lowest BCUT2D eigenvalue weighted by Crippen LogP contribution is -2.36. The molecule has 138 valence electrons. The van der Waals surface area contributed by atoms with Crippen molar-refractivity contribution in [3.63, 3.8) is 0 Å². The average molecular weight is 388 g/mol. The molecule has 0 aliphatic rings.